The number of benzene rings is 4. The van der Waals surface area contributed by atoms with Crippen LogP contribution in [-0.2, 0) is 91.0 Å². The van der Waals surface area contributed by atoms with Gasteiger partial charge in [0.1, 0.15) is 53.1 Å². The summed E-state index contributed by atoms with van der Waals surface area (Å²) in [5.41, 5.74) is 0.0741. The quantitative estimate of drug-likeness (QED) is 0.0104. The maximum absolute atomic E-state index is 14.1. The van der Waals surface area contributed by atoms with Crippen LogP contribution in [0.4, 0.5) is 0 Å². The Morgan fingerprint density at radius 3 is 0.642 bits per heavy atom. The Hall–Kier alpha value is -5.36. The van der Waals surface area contributed by atoms with E-state index in [1.807, 2.05) is 95.2 Å². The van der Waals surface area contributed by atoms with Crippen LogP contribution in [0.3, 0.4) is 0 Å². The van der Waals surface area contributed by atoms with Gasteiger partial charge in [0, 0.05) is 57.3 Å². The highest BCUT2D eigenvalue weighted by atomic mass is 17.2. The molecule has 123 heavy (non-hydrogen) atoms. The van der Waals surface area contributed by atoms with E-state index in [1.54, 1.807) is 40.6 Å². The molecule has 0 bridgehead atoms. The molecule has 0 aromatic heterocycles. The highest BCUT2D eigenvalue weighted by Gasteiger charge is 2.78. The van der Waals surface area contributed by atoms with Gasteiger partial charge in [0.2, 0.25) is 11.6 Å². The van der Waals surface area contributed by atoms with Crippen molar-refractivity contribution >= 4 is 0 Å². The molecule has 0 aliphatic carbocycles. The van der Waals surface area contributed by atoms with Crippen LogP contribution < -0.4 is 38.2 Å². The molecule has 708 valence electrons. The molecule has 6 N–H and O–H groups in total. The lowest BCUT2D eigenvalue weighted by Crippen LogP contribution is -2.80. The second-order valence-electron chi connectivity index (χ2n) is 41.0. The van der Waals surface area contributed by atoms with Gasteiger partial charge in [-0.25, -0.2) is 0 Å². The number of unbranched alkanes of at least 4 members (excludes halogenated alkanes) is 10. The molecule has 0 heterocycles. The predicted octanol–water partition coefficient (Wildman–Crippen LogP) is 18.9. The largest absolute Gasteiger partial charge is 0.496 e. The van der Waals surface area contributed by atoms with Gasteiger partial charge in [-0.1, -0.05) is 244 Å². The summed E-state index contributed by atoms with van der Waals surface area (Å²) in [5.74, 6) is -10.3. The van der Waals surface area contributed by atoms with Gasteiger partial charge in [-0.15, -0.1) is 9.78 Å². The molecule has 24 heteroatoms. The van der Waals surface area contributed by atoms with E-state index in [4.69, 9.17) is 85.9 Å². The second-order valence-corrected chi connectivity index (χ2v) is 41.0. The van der Waals surface area contributed by atoms with Gasteiger partial charge < -0.3 is 107 Å². The first-order chi connectivity index (χ1) is 57.1. The van der Waals surface area contributed by atoms with Crippen LogP contribution in [0, 0.1) is 5.41 Å². The summed E-state index contributed by atoms with van der Waals surface area (Å²) >= 11 is 0. The summed E-state index contributed by atoms with van der Waals surface area (Å²) in [7, 11) is 6.52. The Labute approximate surface area is 741 Å². The SMILES string of the molecule is CCCCCCCCC(O)(OOc1cc(C(C)(C)C)c(OC)cc1C(C)(C)C)C(O)(O)C(COCCOCCOCCOCCOc1cc(C(C)(C)C)c(OC)cc1C(C)(C)C)(COCCOCCOCCOCCOc1cc(C(C)(C)C)c(OC)cc1C(C)(C)C)C(O)(O)C(O)(CCCCCCCC)OOc1cc(C(C)(C)C)c(OC)cc1C(C)(C)C. The van der Waals surface area contributed by atoms with Gasteiger partial charge in [-0.05, 0) is 105 Å². The number of rotatable bonds is 58. The molecule has 4 aromatic carbocycles. The third-order valence-corrected chi connectivity index (χ3v) is 22.3. The van der Waals surface area contributed by atoms with Crippen molar-refractivity contribution in [1.29, 1.82) is 0 Å². The van der Waals surface area contributed by atoms with Crippen molar-refractivity contribution in [3.63, 3.8) is 0 Å². The van der Waals surface area contributed by atoms with E-state index in [-0.39, 0.29) is 125 Å². The number of ether oxygens (including phenoxy) is 14. The van der Waals surface area contributed by atoms with Crippen LogP contribution in [0.5, 0.6) is 46.0 Å². The zero-order valence-corrected chi connectivity index (χ0v) is 81.8. The molecule has 0 saturated carbocycles. The summed E-state index contributed by atoms with van der Waals surface area (Å²) in [6.07, 6.45) is 6.66. The van der Waals surface area contributed by atoms with Crippen LogP contribution in [-0.4, -0.2) is 201 Å². The Morgan fingerprint density at radius 2 is 0.415 bits per heavy atom. The fraction of sp³-hybridized carbons (Fsp3) is 0.758. The van der Waals surface area contributed by atoms with Gasteiger partial charge in [-0.2, -0.15) is 0 Å². The van der Waals surface area contributed by atoms with Crippen LogP contribution in [0.1, 0.15) is 314 Å². The fourth-order valence-corrected chi connectivity index (χ4v) is 14.7. The van der Waals surface area contributed by atoms with Crippen molar-refractivity contribution < 1.29 is 117 Å². The summed E-state index contributed by atoms with van der Waals surface area (Å²) in [4.78, 5) is 25.5. The van der Waals surface area contributed by atoms with Crippen LogP contribution in [0.15, 0.2) is 48.5 Å². The van der Waals surface area contributed by atoms with Crippen molar-refractivity contribution in [2.24, 2.45) is 5.41 Å². The van der Waals surface area contributed by atoms with E-state index < -0.39 is 76.3 Å². The summed E-state index contributed by atoms with van der Waals surface area (Å²) in [6, 6.07) is 15.3. The first-order valence-corrected chi connectivity index (χ1v) is 45.0. The number of aliphatic hydroxyl groups is 6. The molecule has 0 spiro atoms. The molecule has 0 saturated heterocycles. The van der Waals surface area contributed by atoms with Gasteiger partial charge in [0.15, 0.2) is 11.5 Å². The third-order valence-electron chi connectivity index (χ3n) is 22.3. The molecular weight excluding hydrogens is 1570 g/mol. The van der Waals surface area contributed by atoms with Gasteiger partial charge in [0.25, 0.3) is 11.6 Å². The zero-order valence-electron chi connectivity index (χ0n) is 81.8. The standard InChI is InChI=1S/C99H168O24/c1-31-33-35-37-39-41-43-96(100,122-120-85-67-73(89(9,10)11)81(108-29)63-77(85)93(21,22)23)98(102,103)95(69-116-55-53-112-47-45-110-49-51-114-57-59-118-83-65-71(87(3,4)5)79(106-27)61-75(83)91(15,16)17,70-117-56-54-113-48-46-111-50-52-115-58-60-119-84-66-72(88(6,7)8)80(107-28)62-76(84)92(18,19)20)99(104,105)97(101,44-42-40-38-36-34-32-2)123-121-86-68-74(90(12,13)14)82(109-30)64-78(86)94(24,25)26/h61-68,100-105H,31-60,69-70H2,1-30H3. The maximum atomic E-state index is 14.1. The normalized spacial score (nSPS) is 14.2. The maximum Gasteiger partial charge on any atom is 0.266 e. The molecule has 2 atom stereocenters. The lowest BCUT2D eigenvalue weighted by molar-refractivity contribution is -0.542. The van der Waals surface area contributed by atoms with Crippen molar-refractivity contribution in [2.45, 2.75) is 336 Å². The molecule has 4 aromatic rings. The first-order valence-electron chi connectivity index (χ1n) is 45.0. The van der Waals surface area contributed by atoms with E-state index in [9.17, 15) is 30.6 Å². The second kappa shape index (κ2) is 48.9. The Balaban J connectivity index is 1.82. The smallest absolute Gasteiger partial charge is 0.266 e. The van der Waals surface area contributed by atoms with Crippen LogP contribution in [0.2, 0.25) is 0 Å². The van der Waals surface area contributed by atoms with E-state index in [1.165, 1.54) is 0 Å². The van der Waals surface area contributed by atoms with Crippen LogP contribution in [0.25, 0.3) is 0 Å². The number of methoxy groups -OCH3 is 4. The fourth-order valence-electron chi connectivity index (χ4n) is 14.7. The van der Waals surface area contributed by atoms with Gasteiger partial charge >= 0.3 is 0 Å². The average molecular weight is 1740 g/mol. The van der Waals surface area contributed by atoms with E-state index in [0.717, 1.165) is 83.8 Å². The first kappa shape index (κ1) is 110. The highest BCUT2D eigenvalue weighted by molar-refractivity contribution is 5.55. The lowest BCUT2D eigenvalue weighted by Gasteiger charge is -2.56. The Bertz CT molecular complexity index is 3460. The average Bonchev–Trinajstić information content (AvgIpc) is 0.698. The molecule has 2 unspecified atom stereocenters. The van der Waals surface area contributed by atoms with Crippen molar-refractivity contribution in [2.75, 3.05) is 147 Å². The molecule has 0 aliphatic heterocycles. The van der Waals surface area contributed by atoms with Crippen molar-refractivity contribution in [3.05, 3.63) is 93.0 Å². The molecule has 0 radical (unpaired) electrons. The number of hydrogen-bond donors (Lipinski definition) is 6. The molecule has 4 rings (SSSR count). The van der Waals surface area contributed by atoms with Crippen molar-refractivity contribution in [1.82, 2.24) is 0 Å². The van der Waals surface area contributed by atoms with Crippen LogP contribution >= 0.6 is 0 Å². The summed E-state index contributed by atoms with van der Waals surface area (Å²) in [5, 5.41) is 84.0. The molecule has 0 fully saturated rings. The summed E-state index contributed by atoms with van der Waals surface area (Å²) < 4.78 is 85.1. The predicted molar refractivity (Wildman–Crippen MR) is 485 cm³/mol. The van der Waals surface area contributed by atoms with Crippen molar-refractivity contribution in [3.8, 4) is 46.0 Å². The van der Waals surface area contributed by atoms with E-state index in [2.05, 4.69) is 121 Å². The Kier molecular flexibility index (Phi) is 43.7. The monoisotopic (exact) mass is 1740 g/mol. The topological polar surface area (TPSA) is 288 Å². The third kappa shape index (κ3) is 32.7. The molecule has 0 aliphatic rings. The van der Waals surface area contributed by atoms with E-state index in [0.29, 0.717) is 85.9 Å². The minimum atomic E-state index is -4.02. The molecular formula is C99H168O24. The summed E-state index contributed by atoms with van der Waals surface area (Å²) in [6.45, 7) is 53.1. The Morgan fingerprint density at radius 1 is 0.228 bits per heavy atom. The minimum Gasteiger partial charge on any atom is -0.496 e. The minimum absolute atomic E-state index is 0.0803. The zero-order chi connectivity index (χ0) is 92.7. The van der Waals surface area contributed by atoms with Gasteiger partial charge in [-0.3, -0.25) is 0 Å². The van der Waals surface area contributed by atoms with E-state index >= 15 is 0 Å². The van der Waals surface area contributed by atoms with Gasteiger partial charge in [0.05, 0.1) is 134 Å². The highest BCUT2D eigenvalue weighted by Crippen LogP contribution is 2.55. The molecule has 0 amide bonds. The number of hydrogen-bond acceptors (Lipinski definition) is 24. The molecule has 24 nitrogen and oxygen atoms in total. The lowest BCUT2D eigenvalue weighted by atomic mass is 9.65.